The van der Waals surface area contributed by atoms with Crippen LogP contribution in [0.25, 0.3) is 5.69 Å². The van der Waals surface area contributed by atoms with Crippen molar-refractivity contribution >= 4 is 35.1 Å². The first-order chi connectivity index (χ1) is 13.1. The van der Waals surface area contributed by atoms with E-state index in [0.717, 1.165) is 24.2 Å². The highest BCUT2D eigenvalue weighted by molar-refractivity contribution is 7.14. The maximum Gasteiger partial charge on any atom is 0.281 e. The van der Waals surface area contributed by atoms with E-state index >= 15 is 0 Å². The van der Waals surface area contributed by atoms with Crippen LogP contribution in [0.4, 0.5) is 0 Å². The van der Waals surface area contributed by atoms with Gasteiger partial charge in [0.15, 0.2) is 0 Å². The molecule has 0 aliphatic heterocycles. The minimum Gasteiger partial charge on any atom is -0.266 e. The maximum absolute atomic E-state index is 12.4. The number of nitrogens with one attached hydrogen (secondary N) is 1. The Bertz CT molecular complexity index is 983. The molecular weight excluding hydrogens is 380 g/mol. The van der Waals surface area contributed by atoms with Crippen molar-refractivity contribution in [3.8, 4) is 5.69 Å². The van der Waals surface area contributed by atoms with Gasteiger partial charge in [-0.05, 0) is 56.4 Å². The lowest BCUT2D eigenvalue weighted by Gasteiger charge is -2.08. The van der Waals surface area contributed by atoms with Crippen molar-refractivity contribution in [2.24, 2.45) is 5.10 Å². The van der Waals surface area contributed by atoms with Gasteiger partial charge in [0.1, 0.15) is 5.15 Å². The molecule has 1 amide bonds. The number of benzene rings is 1. The number of halogens is 1. The molecule has 0 spiro atoms. The lowest BCUT2D eigenvalue weighted by molar-refractivity contribution is 0.0959. The van der Waals surface area contributed by atoms with Gasteiger partial charge in [-0.15, -0.1) is 11.3 Å². The van der Waals surface area contributed by atoms with Gasteiger partial charge in [0.05, 0.1) is 28.0 Å². The Kier molecular flexibility index (Phi) is 5.09. The molecule has 1 N–H and O–H groups in total. The molecule has 5 nitrogen and oxygen atoms in total. The van der Waals surface area contributed by atoms with Crippen LogP contribution in [0.15, 0.2) is 41.5 Å². The molecule has 4 rings (SSSR count). The van der Waals surface area contributed by atoms with Crippen LogP contribution in [0, 0.1) is 6.92 Å². The summed E-state index contributed by atoms with van der Waals surface area (Å²) < 4.78 is 1.66. The highest BCUT2D eigenvalue weighted by atomic mass is 35.5. The summed E-state index contributed by atoms with van der Waals surface area (Å²) in [6.07, 6.45) is 6.09. The van der Waals surface area contributed by atoms with Crippen molar-refractivity contribution < 1.29 is 4.79 Å². The highest BCUT2D eigenvalue weighted by Crippen LogP contribution is 2.29. The van der Waals surface area contributed by atoms with Crippen molar-refractivity contribution in [3.05, 3.63) is 68.1 Å². The van der Waals surface area contributed by atoms with Gasteiger partial charge < -0.3 is 0 Å². The third kappa shape index (κ3) is 3.68. The smallest absolute Gasteiger partial charge is 0.266 e. The third-order valence-electron chi connectivity index (χ3n) is 4.63. The number of carbonyl (C=O) groups is 1. The van der Waals surface area contributed by atoms with Crippen LogP contribution >= 0.6 is 22.9 Å². The van der Waals surface area contributed by atoms with Crippen LogP contribution in [0.3, 0.4) is 0 Å². The fraction of sp³-hybridized carbons (Fsp3) is 0.250. The van der Waals surface area contributed by atoms with Gasteiger partial charge in [-0.3, -0.25) is 4.79 Å². The first-order valence-corrected chi connectivity index (χ1v) is 10.1. The van der Waals surface area contributed by atoms with Gasteiger partial charge >= 0.3 is 0 Å². The number of hydrogen-bond acceptors (Lipinski definition) is 4. The van der Waals surface area contributed by atoms with Crippen molar-refractivity contribution in [2.75, 3.05) is 0 Å². The second-order valence-corrected chi connectivity index (χ2v) is 8.00. The summed E-state index contributed by atoms with van der Waals surface area (Å²) in [7, 11) is 0. The zero-order valence-electron chi connectivity index (χ0n) is 14.9. The number of carbonyl (C=O) groups excluding carboxylic acids is 1. The normalized spacial score (nSPS) is 13.7. The topological polar surface area (TPSA) is 59.3 Å². The van der Waals surface area contributed by atoms with E-state index in [9.17, 15) is 4.79 Å². The summed E-state index contributed by atoms with van der Waals surface area (Å²) in [4.78, 5) is 14.4. The SMILES string of the molecule is Cc1nn(-c2ccccc2)c(Cl)c1/C=N\NC(=O)c1cc2c(s1)CCCC2. The van der Waals surface area contributed by atoms with Crippen LogP contribution < -0.4 is 5.43 Å². The predicted octanol–water partition coefficient (Wildman–Crippen LogP) is 4.54. The van der Waals surface area contributed by atoms with Crippen LogP contribution in [0.5, 0.6) is 0 Å². The number of aryl methyl sites for hydroxylation is 3. The standard InChI is InChI=1S/C20H19ClN4OS/c1-13-16(19(21)25(24-13)15-8-3-2-4-9-15)12-22-23-20(26)18-11-14-7-5-6-10-17(14)27-18/h2-4,8-9,11-12H,5-7,10H2,1H3,(H,23,26)/b22-12-. The van der Waals surface area contributed by atoms with Gasteiger partial charge in [-0.1, -0.05) is 29.8 Å². The van der Waals surface area contributed by atoms with Crippen LogP contribution in [0.1, 0.15) is 44.2 Å². The number of hydrazone groups is 1. The Morgan fingerprint density at radius 1 is 1.30 bits per heavy atom. The van der Waals surface area contributed by atoms with E-state index in [0.29, 0.717) is 15.6 Å². The van der Waals surface area contributed by atoms with Crippen molar-refractivity contribution in [1.82, 2.24) is 15.2 Å². The van der Waals surface area contributed by atoms with E-state index in [4.69, 9.17) is 11.6 Å². The molecule has 27 heavy (non-hydrogen) atoms. The van der Waals surface area contributed by atoms with Gasteiger partial charge in [0.25, 0.3) is 5.91 Å². The molecule has 0 bridgehead atoms. The first-order valence-electron chi connectivity index (χ1n) is 8.89. The molecule has 138 valence electrons. The average Bonchev–Trinajstić information content (AvgIpc) is 3.24. The van der Waals surface area contributed by atoms with E-state index in [1.165, 1.54) is 23.3 Å². The summed E-state index contributed by atoms with van der Waals surface area (Å²) in [5.41, 5.74) is 6.22. The minimum absolute atomic E-state index is 0.185. The number of nitrogens with zero attached hydrogens (tertiary/aromatic N) is 3. The minimum atomic E-state index is -0.185. The number of thiophene rings is 1. The quantitative estimate of drug-likeness (QED) is 0.518. The molecule has 1 aliphatic carbocycles. The lowest BCUT2D eigenvalue weighted by Crippen LogP contribution is -2.16. The Morgan fingerprint density at radius 3 is 2.85 bits per heavy atom. The number of amides is 1. The maximum atomic E-state index is 12.4. The van der Waals surface area contributed by atoms with Crippen molar-refractivity contribution in [3.63, 3.8) is 0 Å². The molecule has 7 heteroatoms. The number of aromatic nitrogens is 2. The molecular formula is C20H19ClN4OS. The van der Waals surface area contributed by atoms with Crippen LogP contribution in [-0.4, -0.2) is 21.9 Å². The number of hydrogen-bond donors (Lipinski definition) is 1. The Hall–Kier alpha value is -2.44. The molecule has 2 aromatic heterocycles. The van der Waals surface area contributed by atoms with E-state index in [1.807, 2.05) is 43.3 Å². The number of para-hydroxylation sites is 1. The lowest BCUT2D eigenvalue weighted by atomic mass is 9.99. The van der Waals surface area contributed by atoms with E-state index in [2.05, 4.69) is 15.6 Å². The Morgan fingerprint density at radius 2 is 2.07 bits per heavy atom. The predicted molar refractivity (Wildman–Crippen MR) is 109 cm³/mol. The first kappa shape index (κ1) is 17.9. The molecule has 0 fully saturated rings. The molecule has 0 saturated heterocycles. The molecule has 1 aromatic carbocycles. The Labute approximate surface area is 166 Å². The third-order valence-corrected chi connectivity index (χ3v) is 6.23. The highest BCUT2D eigenvalue weighted by Gasteiger charge is 2.17. The summed E-state index contributed by atoms with van der Waals surface area (Å²) in [5, 5.41) is 9.02. The van der Waals surface area contributed by atoms with Crippen molar-refractivity contribution in [1.29, 1.82) is 0 Å². The fourth-order valence-electron chi connectivity index (χ4n) is 3.21. The molecule has 3 aromatic rings. The van der Waals surface area contributed by atoms with E-state index in [1.54, 1.807) is 22.2 Å². The largest absolute Gasteiger partial charge is 0.281 e. The number of fused-ring (bicyclic) bond motifs is 1. The molecule has 0 radical (unpaired) electrons. The zero-order chi connectivity index (χ0) is 18.8. The summed E-state index contributed by atoms with van der Waals surface area (Å²) in [6, 6.07) is 11.7. The van der Waals surface area contributed by atoms with Gasteiger partial charge in [-0.25, -0.2) is 10.1 Å². The van der Waals surface area contributed by atoms with E-state index in [-0.39, 0.29) is 5.91 Å². The number of rotatable bonds is 4. The molecule has 0 atom stereocenters. The summed E-state index contributed by atoms with van der Waals surface area (Å²) in [5.74, 6) is -0.185. The second-order valence-electron chi connectivity index (χ2n) is 6.50. The van der Waals surface area contributed by atoms with Gasteiger partial charge in [-0.2, -0.15) is 10.2 Å². The van der Waals surface area contributed by atoms with Crippen LogP contribution in [0.2, 0.25) is 5.15 Å². The van der Waals surface area contributed by atoms with Crippen LogP contribution in [-0.2, 0) is 12.8 Å². The second kappa shape index (κ2) is 7.66. The van der Waals surface area contributed by atoms with Gasteiger partial charge in [0.2, 0.25) is 0 Å². The molecule has 0 saturated carbocycles. The molecule has 1 aliphatic rings. The molecule has 0 unspecified atom stereocenters. The van der Waals surface area contributed by atoms with E-state index < -0.39 is 0 Å². The summed E-state index contributed by atoms with van der Waals surface area (Å²) in [6.45, 7) is 1.86. The fourth-order valence-corrected chi connectivity index (χ4v) is 4.68. The van der Waals surface area contributed by atoms with Gasteiger partial charge in [0, 0.05) is 4.88 Å². The monoisotopic (exact) mass is 398 g/mol. The van der Waals surface area contributed by atoms with Crippen molar-refractivity contribution in [2.45, 2.75) is 32.6 Å². The molecule has 2 heterocycles. The zero-order valence-corrected chi connectivity index (χ0v) is 16.5. The Balaban J connectivity index is 1.49. The summed E-state index contributed by atoms with van der Waals surface area (Å²) >= 11 is 8.03. The average molecular weight is 399 g/mol.